The summed E-state index contributed by atoms with van der Waals surface area (Å²) < 4.78 is 0. The second-order valence-corrected chi connectivity index (χ2v) is 12.0. The third-order valence-corrected chi connectivity index (χ3v) is 9.54. The van der Waals surface area contributed by atoms with Gasteiger partial charge in [-0.25, -0.2) is 9.97 Å². The fourth-order valence-corrected chi connectivity index (χ4v) is 7.34. The van der Waals surface area contributed by atoms with Gasteiger partial charge in [-0.15, -0.1) is 0 Å². The van der Waals surface area contributed by atoms with Crippen molar-refractivity contribution in [3.63, 3.8) is 0 Å². The van der Waals surface area contributed by atoms with Crippen LogP contribution >= 0.6 is 0 Å². The number of benzene rings is 5. The van der Waals surface area contributed by atoms with Gasteiger partial charge in [0.05, 0.1) is 23.0 Å². The molecule has 0 aliphatic heterocycles. The van der Waals surface area contributed by atoms with E-state index in [1.807, 2.05) is 30.3 Å². The predicted octanol–water partition coefficient (Wildman–Crippen LogP) is 10.2. The monoisotopic (exact) mass is 565 g/mol. The van der Waals surface area contributed by atoms with Gasteiger partial charge in [0.15, 0.2) is 5.82 Å². The molecule has 1 saturated carbocycles. The summed E-state index contributed by atoms with van der Waals surface area (Å²) in [4.78, 5) is 10.2. The lowest BCUT2D eigenvalue weighted by molar-refractivity contribution is 0.353. The number of fused-ring (bicyclic) bond motifs is 5. The maximum absolute atomic E-state index is 9.71. The van der Waals surface area contributed by atoms with Crippen LogP contribution in [0.4, 0.5) is 0 Å². The maximum atomic E-state index is 9.71. The molecular weight excluding hydrogens is 534 g/mol. The van der Waals surface area contributed by atoms with Gasteiger partial charge >= 0.3 is 0 Å². The summed E-state index contributed by atoms with van der Waals surface area (Å²) in [6.45, 7) is 0. The third kappa shape index (κ3) is 4.43. The zero-order chi connectivity index (χ0) is 29.5. The molecule has 8 rings (SSSR count). The molecule has 0 unspecified atom stereocenters. The Morgan fingerprint density at radius 1 is 0.500 bits per heavy atom. The molecule has 3 nitrogen and oxygen atoms in total. The molecular formula is C41H31N3. The number of nitrogens with zero attached hydrogens (tertiary/aromatic N) is 3. The molecule has 1 aromatic heterocycles. The van der Waals surface area contributed by atoms with Crippen molar-refractivity contribution < 1.29 is 0 Å². The van der Waals surface area contributed by atoms with E-state index < -0.39 is 0 Å². The first-order valence-corrected chi connectivity index (χ1v) is 15.5. The van der Waals surface area contributed by atoms with Gasteiger partial charge in [-0.2, -0.15) is 5.26 Å². The van der Waals surface area contributed by atoms with Crippen LogP contribution in [0.15, 0.2) is 127 Å². The van der Waals surface area contributed by atoms with E-state index in [1.54, 1.807) is 0 Å². The van der Waals surface area contributed by atoms with Crippen LogP contribution in [-0.2, 0) is 5.41 Å². The highest BCUT2D eigenvalue weighted by Crippen LogP contribution is 2.56. The number of hydrogen-bond donors (Lipinski definition) is 0. The van der Waals surface area contributed by atoms with E-state index in [1.165, 1.54) is 52.6 Å². The van der Waals surface area contributed by atoms with Crippen molar-refractivity contribution in [2.24, 2.45) is 0 Å². The van der Waals surface area contributed by atoms with Crippen LogP contribution in [0.1, 0.15) is 48.8 Å². The van der Waals surface area contributed by atoms with E-state index in [0.717, 1.165) is 52.3 Å². The van der Waals surface area contributed by atoms with E-state index in [-0.39, 0.29) is 5.41 Å². The SMILES string of the molecule is N#Cc1ccc2c(c1)C1(CCCCC1)c1cc(-c3cc(-c4ccc(-c5ccccc5)cc4)nc(-c4ccccc4)n3)ccc1-2. The maximum Gasteiger partial charge on any atom is 0.160 e. The average Bonchev–Trinajstić information content (AvgIpc) is 3.36. The minimum atomic E-state index is -0.0445. The van der Waals surface area contributed by atoms with Gasteiger partial charge in [-0.3, -0.25) is 0 Å². The Kier molecular flexibility index (Phi) is 6.42. The molecule has 6 aromatic rings. The Labute approximate surface area is 258 Å². The molecule has 3 heteroatoms. The van der Waals surface area contributed by atoms with E-state index in [9.17, 15) is 5.26 Å². The summed E-state index contributed by atoms with van der Waals surface area (Å²) >= 11 is 0. The highest BCUT2D eigenvalue weighted by Gasteiger charge is 2.44. The number of nitriles is 1. The molecule has 0 amide bonds. The minimum absolute atomic E-state index is 0.0445. The Balaban J connectivity index is 1.26. The third-order valence-electron chi connectivity index (χ3n) is 9.54. The van der Waals surface area contributed by atoms with Gasteiger partial charge in [0.25, 0.3) is 0 Å². The van der Waals surface area contributed by atoms with Crippen molar-refractivity contribution in [3.8, 4) is 62.2 Å². The number of hydrogen-bond acceptors (Lipinski definition) is 3. The largest absolute Gasteiger partial charge is 0.228 e. The summed E-state index contributed by atoms with van der Waals surface area (Å²) in [6.07, 6.45) is 5.90. The van der Waals surface area contributed by atoms with Crippen LogP contribution in [0.5, 0.6) is 0 Å². The van der Waals surface area contributed by atoms with E-state index in [4.69, 9.17) is 9.97 Å². The van der Waals surface area contributed by atoms with Crippen molar-refractivity contribution >= 4 is 0 Å². The Morgan fingerprint density at radius 3 is 1.73 bits per heavy atom. The molecule has 44 heavy (non-hydrogen) atoms. The zero-order valence-corrected chi connectivity index (χ0v) is 24.5. The summed E-state index contributed by atoms with van der Waals surface area (Å²) in [5, 5.41) is 9.71. The predicted molar refractivity (Wildman–Crippen MR) is 178 cm³/mol. The van der Waals surface area contributed by atoms with Crippen LogP contribution in [-0.4, -0.2) is 9.97 Å². The van der Waals surface area contributed by atoms with E-state index >= 15 is 0 Å². The second kappa shape index (κ2) is 10.7. The molecule has 0 saturated heterocycles. The van der Waals surface area contributed by atoms with Gasteiger partial charge < -0.3 is 0 Å². The first-order chi connectivity index (χ1) is 21.7. The van der Waals surface area contributed by atoms with Gasteiger partial charge in [0.2, 0.25) is 0 Å². The van der Waals surface area contributed by atoms with Crippen LogP contribution in [0, 0.1) is 11.3 Å². The smallest absolute Gasteiger partial charge is 0.160 e. The fraction of sp³-hybridized carbons (Fsp3) is 0.146. The van der Waals surface area contributed by atoms with Crippen molar-refractivity contribution in [2.75, 3.05) is 0 Å². The molecule has 1 heterocycles. The summed E-state index contributed by atoms with van der Waals surface area (Å²) in [7, 11) is 0. The Hall–Kier alpha value is -5.33. The van der Waals surface area contributed by atoms with Gasteiger partial charge in [-0.05, 0) is 70.5 Å². The molecule has 2 aliphatic rings. The topological polar surface area (TPSA) is 49.6 Å². The molecule has 2 aliphatic carbocycles. The van der Waals surface area contributed by atoms with Gasteiger partial charge in [0.1, 0.15) is 0 Å². The van der Waals surface area contributed by atoms with E-state index in [0.29, 0.717) is 0 Å². The average molecular weight is 566 g/mol. The lowest BCUT2D eigenvalue weighted by atomic mass is 9.67. The zero-order valence-electron chi connectivity index (χ0n) is 24.5. The molecule has 0 atom stereocenters. The van der Waals surface area contributed by atoms with Crippen molar-refractivity contribution in [1.82, 2.24) is 9.97 Å². The molecule has 5 aromatic carbocycles. The van der Waals surface area contributed by atoms with Crippen LogP contribution in [0.2, 0.25) is 0 Å². The fourth-order valence-electron chi connectivity index (χ4n) is 7.34. The Bertz CT molecular complexity index is 2030. The lowest BCUT2D eigenvalue weighted by Crippen LogP contribution is -2.28. The highest BCUT2D eigenvalue weighted by molar-refractivity contribution is 5.85. The molecule has 210 valence electrons. The number of aromatic nitrogens is 2. The normalized spacial score (nSPS) is 14.5. The summed E-state index contributed by atoms with van der Waals surface area (Å²) in [6, 6.07) is 47.0. The first kappa shape index (κ1) is 26.3. The quantitative estimate of drug-likeness (QED) is 0.214. The van der Waals surface area contributed by atoms with Crippen molar-refractivity contribution in [2.45, 2.75) is 37.5 Å². The first-order valence-electron chi connectivity index (χ1n) is 15.5. The van der Waals surface area contributed by atoms with Gasteiger partial charge in [0, 0.05) is 22.1 Å². The molecule has 0 radical (unpaired) electrons. The lowest BCUT2D eigenvalue weighted by Gasteiger charge is -2.36. The summed E-state index contributed by atoms with van der Waals surface area (Å²) in [5.74, 6) is 0.722. The van der Waals surface area contributed by atoms with Crippen LogP contribution in [0.3, 0.4) is 0 Å². The molecule has 0 N–H and O–H groups in total. The highest BCUT2D eigenvalue weighted by atomic mass is 14.9. The number of rotatable bonds is 4. The molecule has 1 spiro atoms. The van der Waals surface area contributed by atoms with E-state index in [2.05, 4.69) is 103 Å². The van der Waals surface area contributed by atoms with Crippen LogP contribution < -0.4 is 0 Å². The second-order valence-electron chi connectivity index (χ2n) is 12.0. The van der Waals surface area contributed by atoms with Crippen LogP contribution in [0.25, 0.3) is 56.2 Å². The summed E-state index contributed by atoms with van der Waals surface area (Å²) in [5.41, 5.74) is 13.4. The van der Waals surface area contributed by atoms with Crippen molar-refractivity contribution in [3.05, 3.63) is 144 Å². The minimum Gasteiger partial charge on any atom is -0.228 e. The molecule has 1 fully saturated rings. The van der Waals surface area contributed by atoms with Gasteiger partial charge in [-0.1, -0.05) is 122 Å². The van der Waals surface area contributed by atoms with Crippen molar-refractivity contribution in [1.29, 1.82) is 5.26 Å². The molecule has 0 bridgehead atoms. The Morgan fingerprint density at radius 2 is 1.05 bits per heavy atom. The standard InChI is InChI=1S/C41H31N3/c42-27-28-14-20-34-35-21-19-33(25-37(35)41(36(34)24-28)22-8-3-9-23-41)39-26-38(43-40(44-39)32-12-6-2-7-13-32)31-17-15-30(16-18-31)29-10-4-1-5-11-29/h1-2,4-7,10-21,24-26H,3,8-9,22-23H2.